The van der Waals surface area contributed by atoms with Crippen LogP contribution in [0.4, 0.5) is 21.9 Å². The standard InChI is InChI=1S/C22H27BrN4O5S/c1-21(2,3)32-20(29)24-14-4-5-17(27-8-6-22(7-9-27)30-10-11-31-22)15(12-14)25-18(28)16-13-33-19(23)26-16/h4-5,12-13H,6-11H2,1-3H3,(H,24,29)(H,25,28). The number of nitrogens with zero attached hydrogens (tertiary/aromatic N) is 2. The lowest BCUT2D eigenvalue weighted by Gasteiger charge is -2.39. The van der Waals surface area contributed by atoms with Crippen molar-refractivity contribution in [3.05, 3.63) is 33.2 Å². The van der Waals surface area contributed by atoms with E-state index in [1.165, 1.54) is 11.3 Å². The van der Waals surface area contributed by atoms with Crippen molar-refractivity contribution in [2.24, 2.45) is 0 Å². The number of hydrogen-bond acceptors (Lipinski definition) is 8. The van der Waals surface area contributed by atoms with Crippen molar-refractivity contribution >= 4 is 56.3 Å². The normalized spacial score (nSPS) is 17.8. The van der Waals surface area contributed by atoms with Gasteiger partial charge in [0, 0.05) is 37.0 Å². The van der Waals surface area contributed by atoms with Crippen LogP contribution < -0.4 is 15.5 Å². The van der Waals surface area contributed by atoms with Crippen LogP contribution in [0.2, 0.25) is 0 Å². The Morgan fingerprint density at radius 3 is 2.48 bits per heavy atom. The molecular formula is C22H27BrN4O5S. The molecule has 3 heterocycles. The molecule has 11 heteroatoms. The highest BCUT2D eigenvalue weighted by Crippen LogP contribution is 2.37. The molecule has 0 unspecified atom stereocenters. The van der Waals surface area contributed by atoms with Crippen molar-refractivity contribution in [2.75, 3.05) is 41.8 Å². The largest absolute Gasteiger partial charge is 0.444 e. The highest BCUT2D eigenvalue weighted by Gasteiger charge is 2.40. The molecule has 0 bridgehead atoms. The SMILES string of the molecule is CC(C)(C)OC(=O)Nc1ccc(N2CCC3(CC2)OCCO3)c(NC(=O)c2csc(Br)n2)c1. The zero-order chi connectivity index (χ0) is 23.6. The number of amides is 2. The van der Waals surface area contributed by atoms with Gasteiger partial charge in [0.15, 0.2) is 9.70 Å². The summed E-state index contributed by atoms with van der Waals surface area (Å²) in [4.78, 5) is 31.4. The molecule has 2 amide bonds. The van der Waals surface area contributed by atoms with Gasteiger partial charge in [0.1, 0.15) is 11.3 Å². The molecule has 1 aromatic carbocycles. The Kier molecular flexibility index (Phi) is 6.94. The Bertz CT molecular complexity index is 1020. The molecule has 2 N–H and O–H groups in total. The van der Waals surface area contributed by atoms with Gasteiger partial charge in [-0.05, 0) is 54.9 Å². The van der Waals surface area contributed by atoms with E-state index in [-0.39, 0.29) is 5.91 Å². The highest BCUT2D eigenvalue weighted by atomic mass is 79.9. The predicted molar refractivity (Wildman–Crippen MR) is 130 cm³/mol. The summed E-state index contributed by atoms with van der Waals surface area (Å²) in [5, 5.41) is 7.36. The first-order valence-corrected chi connectivity index (χ1v) is 12.4. The van der Waals surface area contributed by atoms with E-state index in [1.807, 2.05) is 6.07 Å². The van der Waals surface area contributed by atoms with Crippen molar-refractivity contribution in [3.8, 4) is 0 Å². The average molecular weight is 539 g/mol. The zero-order valence-electron chi connectivity index (χ0n) is 18.8. The molecule has 2 aromatic rings. The monoisotopic (exact) mass is 538 g/mol. The molecule has 1 aromatic heterocycles. The number of ether oxygens (including phenoxy) is 3. The Morgan fingerprint density at radius 2 is 1.88 bits per heavy atom. The van der Waals surface area contributed by atoms with E-state index >= 15 is 0 Å². The summed E-state index contributed by atoms with van der Waals surface area (Å²) in [5.74, 6) is -0.825. The van der Waals surface area contributed by atoms with Crippen LogP contribution in [0.1, 0.15) is 44.1 Å². The van der Waals surface area contributed by atoms with Crippen LogP contribution in [0.3, 0.4) is 0 Å². The summed E-state index contributed by atoms with van der Waals surface area (Å²) in [7, 11) is 0. The quantitative estimate of drug-likeness (QED) is 0.573. The van der Waals surface area contributed by atoms with E-state index < -0.39 is 17.5 Å². The van der Waals surface area contributed by atoms with Gasteiger partial charge >= 0.3 is 6.09 Å². The van der Waals surface area contributed by atoms with E-state index in [0.717, 1.165) is 18.5 Å². The second-order valence-electron chi connectivity index (χ2n) is 8.89. The van der Waals surface area contributed by atoms with Gasteiger partial charge in [0.25, 0.3) is 5.91 Å². The molecular weight excluding hydrogens is 512 g/mol. The van der Waals surface area contributed by atoms with Gasteiger partial charge < -0.3 is 24.4 Å². The summed E-state index contributed by atoms with van der Waals surface area (Å²) in [6, 6.07) is 5.40. The van der Waals surface area contributed by atoms with Gasteiger partial charge in [0.05, 0.1) is 24.6 Å². The van der Waals surface area contributed by atoms with Gasteiger partial charge in [-0.25, -0.2) is 9.78 Å². The van der Waals surface area contributed by atoms with Crippen LogP contribution in [0.15, 0.2) is 27.5 Å². The Balaban J connectivity index is 1.55. The first-order chi connectivity index (χ1) is 15.6. The Hall–Kier alpha value is -2.21. The van der Waals surface area contributed by atoms with Crippen LogP contribution in [0.5, 0.6) is 0 Å². The molecule has 33 heavy (non-hydrogen) atoms. The summed E-state index contributed by atoms with van der Waals surface area (Å²) >= 11 is 4.62. The Labute approximate surface area is 204 Å². The zero-order valence-corrected chi connectivity index (χ0v) is 21.2. The van der Waals surface area contributed by atoms with Crippen molar-refractivity contribution in [1.82, 2.24) is 4.98 Å². The van der Waals surface area contributed by atoms with Crippen LogP contribution in [0.25, 0.3) is 0 Å². The van der Waals surface area contributed by atoms with Crippen LogP contribution in [-0.2, 0) is 14.2 Å². The predicted octanol–water partition coefficient (Wildman–Crippen LogP) is 4.85. The molecule has 0 radical (unpaired) electrons. The summed E-state index contributed by atoms with van der Waals surface area (Å²) in [6.45, 7) is 8.07. The van der Waals surface area contributed by atoms with Crippen molar-refractivity contribution in [2.45, 2.75) is 45.0 Å². The molecule has 2 aliphatic heterocycles. The number of piperidine rings is 1. The molecule has 1 spiro atoms. The third kappa shape index (κ3) is 6.03. The van der Waals surface area contributed by atoms with Gasteiger partial charge in [0.2, 0.25) is 0 Å². The number of halogens is 1. The topological polar surface area (TPSA) is 102 Å². The maximum atomic E-state index is 12.8. The number of aromatic nitrogens is 1. The highest BCUT2D eigenvalue weighted by molar-refractivity contribution is 9.11. The smallest absolute Gasteiger partial charge is 0.412 e. The van der Waals surface area contributed by atoms with E-state index in [4.69, 9.17) is 14.2 Å². The molecule has 0 aliphatic carbocycles. The van der Waals surface area contributed by atoms with E-state index in [1.54, 1.807) is 38.3 Å². The third-order valence-electron chi connectivity index (χ3n) is 5.28. The number of carbonyl (C=O) groups excluding carboxylic acids is 2. The van der Waals surface area contributed by atoms with Crippen LogP contribution >= 0.6 is 27.3 Å². The minimum absolute atomic E-state index is 0.314. The fraction of sp³-hybridized carbons (Fsp3) is 0.500. The van der Waals surface area contributed by atoms with Crippen molar-refractivity contribution in [1.29, 1.82) is 0 Å². The van der Waals surface area contributed by atoms with Gasteiger partial charge in [-0.1, -0.05) is 0 Å². The molecule has 0 saturated carbocycles. The second-order valence-corrected chi connectivity index (χ2v) is 11.0. The third-order valence-corrected chi connectivity index (χ3v) is 6.64. The van der Waals surface area contributed by atoms with E-state index in [2.05, 4.69) is 36.4 Å². The number of hydrogen-bond donors (Lipinski definition) is 2. The van der Waals surface area contributed by atoms with E-state index in [0.29, 0.717) is 47.3 Å². The molecule has 9 nitrogen and oxygen atoms in total. The lowest BCUT2D eigenvalue weighted by Crippen LogP contribution is -2.45. The lowest BCUT2D eigenvalue weighted by molar-refractivity contribution is -0.169. The molecule has 0 atom stereocenters. The van der Waals surface area contributed by atoms with Gasteiger partial charge in [-0.3, -0.25) is 10.1 Å². The maximum absolute atomic E-state index is 12.8. The van der Waals surface area contributed by atoms with Crippen molar-refractivity contribution in [3.63, 3.8) is 0 Å². The molecule has 2 fully saturated rings. The van der Waals surface area contributed by atoms with Gasteiger partial charge in [-0.2, -0.15) is 0 Å². The van der Waals surface area contributed by atoms with Crippen LogP contribution in [0, 0.1) is 0 Å². The fourth-order valence-electron chi connectivity index (χ4n) is 3.83. The average Bonchev–Trinajstić information content (AvgIpc) is 3.37. The first kappa shape index (κ1) is 23.9. The van der Waals surface area contributed by atoms with Crippen LogP contribution in [-0.4, -0.2) is 54.7 Å². The number of anilines is 3. The minimum atomic E-state index is -0.618. The minimum Gasteiger partial charge on any atom is -0.444 e. The molecule has 2 aliphatic rings. The second kappa shape index (κ2) is 9.57. The Morgan fingerprint density at radius 1 is 1.18 bits per heavy atom. The number of rotatable bonds is 4. The summed E-state index contributed by atoms with van der Waals surface area (Å²) in [6.07, 6.45) is 0.903. The molecule has 2 saturated heterocycles. The van der Waals surface area contributed by atoms with E-state index in [9.17, 15) is 9.59 Å². The van der Waals surface area contributed by atoms with Gasteiger partial charge in [-0.15, -0.1) is 11.3 Å². The summed E-state index contributed by atoms with van der Waals surface area (Å²) in [5.41, 5.74) is 1.63. The first-order valence-electron chi connectivity index (χ1n) is 10.7. The molecule has 178 valence electrons. The molecule has 4 rings (SSSR count). The summed E-state index contributed by atoms with van der Waals surface area (Å²) < 4.78 is 17.6. The number of benzene rings is 1. The number of nitrogens with one attached hydrogen (secondary N) is 2. The maximum Gasteiger partial charge on any atom is 0.412 e. The number of thiazole rings is 1. The fourth-order valence-corrected chi connectivity index (χ4v) is 4.82. The number of carbonyl (C=O) groups is 2. The van der Waals surface area contributed by atoms with Crippen molar-refractivity contribution < 1.29 is 23.8 Å². The lowest BCUT2D eigenvalue weighted by atomic mass is 10.0.